The van der Waals surface area contributed by atoms with Crippen molar-refractivity contribution >= 4 is 5.69 Å². The number of nitrogens with zero attached hydrogens (tertiary/aromatic N) is 1. The van der Waals surface area contributed by atoms with Crippen LogP contribution < -0.4 is 15.2 Å². The van der Waals surface area contributed by atoms with Crippen molar-refractivity contribution in [1.29, 1.82) is 0 Å². The van der Waals surface area contributed by atoms with Gasteiger partial charge in [0.1, 0.15) is 11.6 Å². The quantitative estimate of drug-likeness (QED) is 0.907. The predicted molar refractivity (Wildman–Crippen MR) is 66.4 cm³/mol. The minimum Gasteiger partial charge on any atom is -0.479 e. The van der Waals surface area contributed by atoms with Gasteiger partial charge in [0.05, 0.1) is 12.8 Å². The zero-order valence-corrected chi connectivity index (χ0v) is 10.1. The maximum Gasteiger partial charge on any atom is 0.240 e. The zero-order valence-electron chi connectivity index (χ0n) is 10.1. The first-order valence-corrected chi connectivity index (χ1v) is 5.34. The molecule has 0 radical (unpaired) electrons. The molecular formula is C13H13FN2O2. The normalized spacial score (nSPS) is 10.2. The number of methoxy groups -OCH3 is 1. The number of pyridine rings is 1. The summed E-state index contributed by atoms with van der Waals surface area (Å²) in [6.45, 7) is 1.82. The molecule has 2 N–H and O–H groups in total. The number of benzene rings is 1. The van der Waals surface area contributed by atoms with Gasteiger partial charge in [-0.05, 0) is 24.6 Å². The minimum atomic E-state index is -0.363. The second kappa shape index (κ2) is 4.91. The highest BCUT2D eigenvalue weighted by Gasteiger charge is 2.07. The SMILES string of the molecule is COc1nc(Oc2cc(F)ccc2C)ccc1N. The molecule has 18 heavy (non-hydrogen) atoms. The molecule has 4 nitrogen and oxygen atoms in total. The summed E-state index contributed by atoms with van der Waals surface area (Å²) in [7, 11) is 1.47. The van der Waals surface area contributed by atoms with Crippen molar-refractivity contribution in [2.45, 2.75) is 6.92 Å². The van der Waals surface area contributed by atoms with Crippen molar-refractivity contribution in [3.63, 3.8) is 0 Å². The Labute approximate surface area is 104 Å². The standard InChI is InChI=1S/C13H13FN2O2/c1-8-3-4-9(14)7-11(8)18-12-6-5-10(15)13(16-12)17-2/h3-7H,15H2,1-2H3. The molecule has 0 saturated heterocycles. The molecular weight excluding hydrogens is 235 g/mol. The van der Waals surface area contributed by atoms with Gasteiger partial charge in [-0.3, -0.25) is 0 Å². The number of halogens is 1. The number of hydrogen-bond donors (Lipinski definition) is 1. The van der Waals surface area contributed by atoms with Gasteiger partial charge >= 0.3 is 0 Å². The molecule has 1 aromatic carbocycles. The van der Waals surface area contributed by atoms with Gasteiger partial charge in [-0.1, -0.05) is 6.07 Å². The van der Waals surface area contributed by atoms with Crippen LogP contribution in [0.5, 0.6) is 17.5 Å². The maximum atomic E-state index is 13.1. The number of ether oxygens (including phenoxy) is 2. The van der Waals surface area contributed by atoms with Crippen LogP contribution in [0.25, 0.3) is 0 Å². The van der Waals surface area contributed by atoms with Crippen LogP contribution in [0.15, 0.2) is 30.3 Å². The van der Waals surface area contributed by atoms with E-state index in [1.165, 1.54) is 19.2 Å². The summed E-state index contributed by atoms with van der Waals surface area (Å²) >= 11 is 0. The fraction of sp³-hybridized carbons (Fsp3) is 0.154. The summed E-state index contributed by atoms with van der Waals surface area (Å²) in [5, 5.41) is 0. The minimum absolute atomic E-state index is 0.279. The largest absolute Gasteiger partial charge is 0.479 e. The fourth-order valence-corrected chi connectivity index (χ4v) is 1.45. The summed E-state index contributed by atoms with van der Waals surface area (Å²) in [5.41, 5.74) is 6.88. The lowest BCUT2D eigenvalue weighted by atomic mass is 10.2. The van der Waals surface area contributed by atoms with E-state index in [0.717, 1.165) is 5.56 Å². The molecule has 0 aliphatic carbocycles. The van der Waals surface area contributed by atoms with Gasteiger partial charge in [0.25, 0.3) is 0 Å². The molecule has 5 heteroatoms. The Morgan fingerprint density at radius 2 is 2.00 bits per heavy atom. The topological polar surface area (TPSA) is 57.4 Å². The molecule has 94 valence electrons. The molecule has 1 heterocycles. The van der Waals surface area contributed by atoms with Crippen LogP contribution in [0.1, 0.15) is 5.56 Å². The van der Waals surface area contributed by atoms with Gasteiger partial charge in [-0.2, -0.15) is 4.98 Å². The Bertz CT molecular complexity index is 573. The van der Waals surface area contributed by atoms with Gasteiger partial charge < -0.3 is 15.2 Å². The van der Waals surface area contributed by atoms with E-state index in [0.29, 0.717) is 17.3 Å². The zero-order chi connectivity index (χ0) is 13.1. The second-order valence-electron chi connectivity index (χ2n) is 3.76. The number of rotatable bonds is 3. The Hall–Kier alpha value is -2.30. The van der Waals surface area contributed by atoms with Crippen LogP contribution >= 0.6 is 0 Å². The third-order valence-electron chi connectivity index (χ3n) is 2.42. The van der Waals surface area contributed by atoms with Gasteiger partial charge in [0.2, 0.25) is 11.8 Å². The first-order valence-electron chi connectivity index (χ1n) is 5.34. The second-order valence-corrected chi connectivity index (χ2v) is 3.76. The van der Waals surface area contributed by atoms with Crippen LogP contribution in [-0.4, -0.2) is 12.1 Å². The number of anilines is 1. The van der Waals surface area contributed by atoms with E-state index in [4.69, 9.17) is 15.2 Å². The summed E-state index contributed by atoms with van der Waals surface area (Å²) in [6, 6.07) is 7.54. The van der Waals surface area contributed by atoms with E-state index in [9.17, 15) is 4.39 Å². The summed E-state index contributed by atoms with van der Waals surface area (Å²) in [5.74, 6) is 0.628. The van der Waals surface area contributed by atoms with Crippen LogP contribution in [0.4, 0.5) is 10.1 Å². The number of nitrogen functional groups attached to an aromatic ring is 1. The van der Waals surface area contributed by atoms with E-state index in [1.54, 1.807) is 18.2 Å². The van der Waals surface area contributed by atoms with Crippen molar-refractivity contribution in [2.24, 2.45) is 0 Å². The summed E-state index contributed by atoms with van der Waals surface area (Å²) in [4.78, 5) is 4.06. The molecule has 0 aliphatic rings. The third-order valence-corrected chi connectivity index (χ3v) is 2.42. The van der Waals surface area contributed by atoms with E-state index in [2.05, 4.69) is 4.98 Å². The number of hydrogen-bond acceptors (Lipinski definition) is 4. The average Bonchev–Trinajstić information content (AvgIpc) is 2.36. The van der Waals surface area contributed by atoms with Crippen LogP contribution in [0.3, 0.4) is 0 Å². The van der Waals surface area contributed by atoms with Crippen molar-refractivity contribution < 1.29 is 13.9 Å². The lowest BCUT2D eigenvalue weighted by molar-refractivity contribution is 0.384. The molecule has 0 unspecified atom stereocenters. The number of nitrogens with two attached hydrogens (primary N) is 1. The van der Waals surface area contributed by atoms with Crippen molar-refractivity contribution in [2.75, 3.05) is 12.8 Å². The predicted octanol–water partition coefficient (Wildman–Crippen LogP) is 2.91. The lowest BCUT2D eigenvalue weighted by Crippen LogP contribution is -1.97. The summed E-state index contributed by atoms with van der Waals surface area (Å²) in [6.07, 6.45) is 0. The molecule has 2 rings (SSSR count). The van der Waals surface area contributed by atoms with Crippen LogP contribution in [0, 0.1) is 12.7 Å². The first kappa shape index (κ1) is 12.2. The Morgan fingerprint density at radius 1 is 1.22 bits per heavy atom. The molecule has 2 aromatic rings. The lowest BCUT2D eigenvalue weighted by Gasteiger charge is -2.09. The van der Waals surface area contributed by atoms with Gasteiger partial charge in [-0.25, -0.2) is 4.39 Å². The molecule has 1 aromatic heterocycles. The highest BCUT2D eigenvalue weighted by Crippen LogP contribution is 2.28. The van der Waals surface area contributed by atoms with E-state index < -0.39 is 0 Å². The molecule has 0 atom stereocenters. The summed E-state index contributed by atoms with van der Waals surface area (Å²) < 4.78 is 23.6. The maximum absolute atomic E-state index is 13.1. The molecule has 0 amide bonds. The van der Waals surface area contributed by atoms with Gasteiger partial charge in [0.15, 0.2) is 0 Å². The smallest absolute Gasteiger partial charge is 0.240 e. The average molecular weight is 248 g/mol. The van der Waals surface area contributed by atoms with Crippen molar-refractivity contribution in [1.82, 2.24) is 4.98 Å². The number of aromatic nitrogens is 1. The van der Waals surface area contributed by atoms with Crippen LogP contribution in [-0.2, 0) is 0 Å². The number of aryl methyl sites for hydroxylation is 1. The molecule has 0 spiro atoms. The van der Waals surface area contributed by atoms with Gasteiger partial charge in [0, 0.05) is 12.1 Å². The van der Waals surface area contributed by atoms with E-state index >= 15 is 0 Å². The highest BCUT2D eigenvalue weighted by molar-refractivity contribution is 5.49. The highest BCUT2D eigenvalue weighted by atomic mass is 19.1. The van der Waals surface area contributed by atoms with Crippen LogP contribution in [0.2, 0.25) is 0 Å². The van der Waals surface area contributed by atoms with Crippen molar-refractivity contribution in [3.8, 4) is 17.5 Å². The fourth-order valence-electron chi connectivity index (χ4n) is 1.45. The Morgan fingerprint density at radius 3 is 2.72 bits per heavy atom. The van der Waals surface area contributed by atoms with Gasteiger partial charge in [-0.15, -0.1) is 0 Å². The molecule has 0 fully saturated rings. The first-order chi connectivity index (χ1) is 8.60. The van der Waals surface area contributed by atoms with Crippen molar-refractivity contribution in [3.05, 3.63) is 41.7 Å². The third kappa shape index (κ3) is 2.51. The molecule has 0 bridgehead atoms. The molecule has 0 aliphatic heterocycles. The van der Waals surface area contributed by atoms with E-state index in [-0.39, 0.29) is 11.7 Å². The van der Waals surface area contributed by atoms with E-state index in [1.807, 2.05) is 6.92 Å². The Balaban J connectivity index is 2.31. The Kier molecular flexibility index (Phi) is 3.32. The molecule has 0 saturated carbocycles. The monoisotopic (exact) mass is 248 g/mol.